The molecule has 5 heteroatoms. The summed E-state index contributed by atoms with van der Waals surface area (Å²) >= 11 is 1.56. The normalized spacial score (nSPS) is 29.9. The van der Waals surface area contributed by atoms with Crippen molar-refractivity contribution in [1.29, 1.82) is 0 Å². The van der Waals surface area contributed by atoms with E-state index in [1.54, 1.807) is 34.9 Å². The standard InChI is InChI=1S/C9H11N3OS/c1-3-9(2)7(8(10)13)12-5-11-4-6(12)14-9/h3-5,7H,1H2,2H3,(H2,10,13). The van der Waals surface area contributed by atoms with Crippen molar-refractivity contribution in [3.05, 3.63) is 25.2 Å². The van der Waals surface area contributed by atoms with Gasteiger partial charge in [0.05, 0.1) is 22.3 Å². The minimum absolute atomic E-state index is 0.350. The second kappa shape index (κ2) is 2.88. The summed E-state index contributed by atoms with van der Waals surface area (Å²) in [5, 5.41) is 0.955. The molecule has 0 spiro atoms. The van der Waals surface area contributed by atoms with Gasteiger partial charge >= 0.3 is 0 Å². The SMILES string of the molecule is C=CC1(C)Sc2cncn2C1C(N)=O. The van der Waals surface area contributed by atoms with Crippen LogP contribution in [0.5, 0.6) is 0 Å². The first kappa shape index (κ1) is 9.33. The van der Waals surface area contributed by atoms with E-state index in [-0.39, 0.29) is 16.7 Å². The Morgan fingerprint density at radius 1 is 1.93 bits per heavy atom. The zero-order chi connectivity index (χ0) is 10.3. The largest absolute Gasteiger partial charge is 0.368 e. The number of thioether (sulfide) groups is 1. The van der Waals surface area contributed by atoms with Gasteiger partial charge in [-0.25, -0.2) is 4.98 Å². The van der Waals surface area contributed by atoms with Crippen molar-refractivity contribution in [2.24, 2.45) is 5.73 Å². The van der Waals surface area contributed by atoms with Crippen LogP contribution in [0.15, 0.2) is 30.2 Å². The van der Waals surface area contributed by atoms with Gasteiger partial charge in [0.15, 0.2) is 0 Å². The average Bonchev–Trinajstić information content (AvgIpc) is 2.61. The lowest BCUT2D eigenvalue weighted by atomic mass is 10.0. The predicted octanol–water partition coefficient (Wildman–Crippen LogP) is 0.960. The number of hydrogen-bond acceptors (Lipinski definition) is 3. The van der Waals surface area contributed by atoms with E-state index in [2.05, 4.69) is 11.6 Å². The number of aromatic nitrogens is 2. The molecule has 0 aromatic carbocycles. The van der Waals surface area contributed by atoms with Gasteiger partial charge in [0.1, 0.15) is 6.04 Å². The smallest absolute Gasteiger partial charge is 0.242 e. The minimum atomic E-state index is -0.387. The topological polar surface area (TPSA) is 60.9 Å². The quantitative estimate of drug-likeness (QED) is 0.738. The van der Waals surface area contributed by atoms with E-state index in [0.717, 1.165) is 5.03 Å². The lowest BCUT2D eigenvalue weighted by molar-refractivity contribution is -0.121. The third-order valence-electron chi connectivity index (χ3n) is 2.45. The Morgan fingerprint density at radius 3 is 3.21 bits per heavy atom. The molecule has 2 rings (SSSR count). The highest BCUT2D eigenvalue weighted by Crippen LogP contribution is 2.48. The molecule has 1 aromatic heterocycles. The molecule has 2 heterocycles. The van der Waals surface area contributed by atoms with Crippen LogP contribution in [-0.4, -0.2) is 20.2 Å². The molecule has 1 amide bonds. The van der Waals surface area contributed by atoms with Crippen LogP contribution < -0.4 is 5.73 Å². The Hall–Kier alpha value is -1.23. The first-order chi connectivity index (χ1) is 6.58. The first-order valence-electron chi connectivity index (χ1n) is 4.22. The van der Waals surface area contributed by atoms with Gasteiger partial charge in [0.25, 0.3) is 0 Å². The molecule has 4 nitrogen and oxygen atoms in total. The number of imidazole rings is 1. The lowest BCUT2D eigenvalue weighted by Gasteiger charge is -2.24. The van der Waals surface area contributed by atoms with E-state index in [1.165, 1.54) is 0 Å². The lowest BCUT2D eigenvalue weighted by Crippen LogP contribution is -2.36. The van der Waals surface area contributed by atoms with Crippen molar-refractivity contribution >= 4 is 17.7 Å². The van der Waals surface area contributed by atoms with E-state index in [4.69, 9.17) is 5.73 Å². The molecule has 74 valence electrons. The van der Waals surface area contributed by atoms with Crippen molar-refractivity contribution in [2.75, 3.05) is 0 Å². The molecule has 14 heavy (non-hydrogen) atoms. The second-order valence-electron chi connectivity index (χ2n) is 3.43. The van der Waals surface area contributed by atoms with Crippen LogP contribution in [0.25, 0.3) is 0 Å². The maximum absolute atomic E-state index is 11.3. The van der Waals surface area contributed by atoms with Crippen molar-refractivity contribution < 1.29 is 4.79 Å². The molecule has 2 N–H and O–H groups in total. The van der Waals surface area contributed by atoms with Crippen LogP contribution in [0.4, 0.5) is 0 Å². The van der Waals surface area contributed by atoms with Gasteiger partial charge in [-0.15, -0.1) is 6.58 Å². The molecule has 0 saturated carbocycles. The van der Waals surface area contributed by atoms with E-state index < -0.39 is 0 Å². The molecule has 0 saturated heterocycles. The highest BCUT2D eigenvalue weighted by molar-refractivity contribution is 8.01. The van der Waals surface area contributed by atoms with Crippen LogP contribution in [0.1, 0.15) is 13.0 Å². The van der Waals surface area contributed by atoms with Crippen LogP contribution in [0.3, 0.4) is 0 Å². The molecular formula is C9H11N3OS. The van der Waals surface area contributed by atoms with Gasteiger partial charge in [0, 0.05) is 0 Å². The number of fused-ring (bicyclic) bond motifs is 1. The molecular weight excluding hydrogens is 198 g/mol. The fourth-order valence-electron chi connectivity index (χ4n) is 1.70. The van der Waals surface area contributed by atoms with Gasteiger partial charge in [-0.2, -0.15) is 0 Å². The molecule has 0 aliphatic carbocycles. The third kappa shape index (κ3) is 1.09. The van der Waals surface area contributed by atoms with E-state index >= 15 is 0 Å². The van der Waals surface area contributed by atoms with Crippen molar-refractivity contribution in [3.8, 4) is 0 Å². The van der Waals surface area contributed by atoms with Crippen LogP contribution in [0.2, 0.25) is 0 Å². The number of nitrogens with zero attached hydrogens (tertiary/aromatic N) is 2. The maximum Gasteiger partial charge on any atom is 0.242 e. The summed E-state index contributed by atoms with van der Waals surface area (Å²) in [6.07, 6.45) is 5.13. The maximum atomic E-state index is 11.3. The number of amides is 1. The Labute approximate surface area is 86.2 Å². The molecule has 1 aromatic rings. The van der Waals surface area contributed by atoms with Gasteiger partial charge < -0.3 is 10.3 Å². The summed E-state index contributed by atoms with van der Waals surface area (Å²) < 4.78 is 1.44. The number of carbonyl (C=O) groups excluding carboxylic acids is 1. The van der Waals surface area contributed by atoms with E-state index in [1.807, 2.05) is 6.92 Å². The zero-order valence-corrected chi connectivity index (χ0v) is 8.62. The molecule has 0 bridgehead atoms. The minimum Gasteiger partial charge on any atom is -0.368 e. The molecule has 1 aliphatic rings. The van der Waals surface area contributed by atoms with Crippen molar-refractivity contribution in [2.45, 2.75) is 22.7 Å². The summed E-state index contributed by atoms with van der Waals surface area (Å²) in [6.45, 7) is 5.70. The highest BCUT2D eigenvalue weighted by atomic mass is 32.2. The molecule has 0 radical (unpaired) electrons. The number of carbonyl (C=O) groups is 1. The number of hydrogen-bond donors (Lipinski definition) is 1. The van der Waals surface area contributed by atoms with Crippen LogP contribution in [-0.2, 0) is 4.79 Å². The van der Waals surface area contributed by atoms with E-state index in [9.17, 15) is 4.79 Å². The predicted molar refractivity (Wildman–Crippen MR) is 54.9 cm³/mol. The molecule has 1 aliphatic heterocycles. The van der Waals surface area contributed by atoms with Crippen LogP contribution in [0, 0.1) is 0 Å². The summed E-state index contributed by atoms with van der Waals surface area (Å²) in [5.74, 6) is -0.350. The fourth-order valence-corrected chi connectivity index (χ4v) is 2.94. The third-order valence-corrected chi connectivity index (χ3v) is 3.81. The average molecular weight is 209 g/mol. The Bertz CT molecular complexity index is 401. The van der Waals surface area contributed by atoms with Gasteiger partial charge in [-0.05, 0) is 6.92 Å². The van der Waals surface area contributed by atoms with Gasteiger partial charge in [-0.1, -0.05) is 17.8 Å². The first-order valence-corrected chi connectivity index (χ1v) is 5.04. The number of primary amides is 1. The Kier molecular flexibility index (Phi) is 1.92. The molecule has 2 unspecified atom stereocenters. The van der Waals surface area contributed by atoms with Crippen LogP contribution >= 0.6 is 11.8 Å². The number of rotatable bonds is 2. The Balaban J connectivity index is 2.51. The fraction of sp³-hybridized carbons (Fsp3) is 0.333. The molecule has 2 atom stereocenters. The highest BCUT2D eigenvalue weighted by Gasteiger charge is 2.44. The number of nitrogens with two attached hydrogens (primary N) is 1. The second-order valence-corrected chi connectivity index (χ2v) is 4.94. The Morgan fingerprint density at radius 2 is 2.64 bits per heavy atom. The van der Waals surface area contributed by atoms with Gasteiger partial charge in [0.2, 0.25) is 5.91 Å². The summed E-state index contributed by atoms with van der Waals surface area (Å²) in [6, 6.07) is -0.387. The van der Waals surface area contributed by atoms with E-state index in [0.29, 0.717) is 0 Å². The summed E-state index contributed by atoms with van der Waals surface area (Å²) in [5.41, 5.74) is 5.37. The summed E-state index contributed by atoms with van der Waals surface area (Å²) in [7, 11) is 0. The monoisotopic (exact) mass is 209 g/mol. The van der Waals surface area contributed by atoms with Gasteiger partial charge in [-0.3, -0.25) is 4.79 Å². The van der Waals surface area contributed by atoms with Crippen molar-refractivity contribution in [3.63, 3.8) is 0 Å². The summed E-state index contributed by atoms with van der Waals surface area (Å²) in [4.78, 5) is 15.3. The zero-order valence-electron chi connectivity index (χ0n) is 7.80. The molecule has 0 fully saturated rings. The van der Waals surface area contributed by atoms with Crippen molar-refractivity contribution in [1.82, 2.24) is 9.55 Å².